The fourth-order valence-electron chi connectivity index (χ4n) is 2.21. The molecule has 0 aliphatic rings. The highest BCUT2D eigenvalue weighted by atomic mass is 35.5. The van der Waals surface area contributed by atoms with Crippen molar-refractivity contribution in [2.45, 2.75) is 20.0 Å². The van der Waals surface area contributed by atoms with Gasteiger partial charge in [0.2, 0.25) is 0 Å². The minimum absolute atomic E-state index is 0.767. The maximum atomic E-state index is 5.98. The predicted octanol–water partition coefficient (Wildman–Crippen LogP) is 4.48. The summed E-state index contributed by atoms with van der Waals surface area (Å²) in [6.45, 7) is 3.91. The summed E-state index contributed by atoms with van der Waals surface area (Å²) in [5.41, 5.74) is 2.37. The molecule has 98 valence electrons. The van der Waals surface area contributed by atoms with Gasteiger partial charge in [0.15, 0.2) is 0 Å². The van der Waals surface area contributed by atoms with Gasteiger partial charge >= 0.3 is 0 Å². The van der Waals surface area contributed by atoms with Crippen molar-refractivity contribution < 1.29 is 0 Å². The Balaban J connectivity index is 1.68. The van der Waals surface area contributed by atoms with E-state index in [9.17, 15) is 0 Å². The van der Waals surface area contributed by atoms with E-state index in [1.54, 1.807) is 0 Å². The second kappa shape index (κ2) is 5.37. The molecule has 2 heterocycles. The Morgan fingerprint density at radius 3 is 2.89 bits per heavy atom. The molecule has 0 spiro atoms. The number of rotatable bonds is 4. The lowest BCUT2D eigenvalue weighted by Gasteiger charge is -2.02. The van der Waals surface area contributed by atoms with Gasteiger partial charge < -0.3 is 10.3 Å². The van der Waals surface area contributed by atoms with Crippen LogP contribution in [-0.4, -0.2) is 4.98 Å². The number of benzene rings is 1. The Labute approximate surface area is 121 Å². The lowest BCUT2D eigenvalue weighted by Crippen LogP contribution is -2.11. The minimum Gasteiger partial charge on any atom is -0.361 e. The number of aromatic nitrogens is 1. The second-order valence-electron chi connectivity index (χ2n) is 4.62. The molecule has 0 aliphatic heterocycles. The van der Waals surface area contributed by atoms with E-state index in [0.29, 0.717) is 0 Å². The van der Waals surface area contributed by atoms with Gasteiger partial charge in [0, 0.05) is 45.0 Å². The van der Waals surface area contributed by atoms with Crippen molar-refractivity contribution >= 4 is 33.8 Å². The summed E-state index contributed by atoms with van der Waals surface area (Å²) in [6, 6.07) is 10.3. The summed E-state index contributed by atoms with van der Waals surface area (Å²) < 4.78 is 0. The van der Waals surface area contributed by atoms with Gasteiger partial charge in [-0.2, -0.15) is 0 Å². The summed E-state index contributed by atoms with van der Waals surface area (Å²) in [6.07, 6.45) is 2.05. The van der Waals surface area contributed by atoms with Crippen molar-refractivity contribution in [2.75, 3.05) is 0 Å². The lowest BCUT2D eigenvalue weighted by atomic mass is 10.2. The normalized spacial score (nSPS) is 11.3. The van der Waals surface area contributed by atoms with Gasteiger partial charge in [-0.05, 0) is 36.8 Å². The third-order valence-electron chi connectivity index (χ3n) is 3.14. The Morgan fingerprint density at radius 2 is 2.11 bits per heavy atom. The van der Waals surface area contributed by atoms with Gasteiger partial charge in [0.1, 0.15) is 0 Å². The van der Waals surface area contributed by atoms with Crippen molar-refractivity contribution in [1.29, 1.82) is 0 Å². The number of aryl methyl sites for hydroxylation is 1. The molecule has 0 saturated carbocycles. The molecule has 0 fully saturated rings. The molecule has 1 aromatic carbocycles. The van der Waals surface area contributed by atoms with Gasteiger partial charge in [-0.1, -0.05) is 17.7 Å². The van der Waals surface area contributed by atoms with Gasteiger partial charge in [-0.3, -0.25) is 0 Å². The maximum absolute atomic E-state index is 5.98. The van der Waals surface area contributed by atoms with Crippen LogP contribution in [0.1, 0.15) is 15.3 Å². The van der Waals surface area contributed by atoms with Crippen molar-refractivity contribution in [3.05, 3.63) is 56.9 Å². The highest BCUT2D eigenvalue weighted by Crippen LogP contribution is 2.22. The Hall–Kier alpha value is -1.29. The van der Waals surface area contributed by atoms with Gasteiger partial charge in [-0.15, -0.1) is 11.3 Å². The Morgan fingerprint density at radius 1 is 1.21 bits per heavy atom. The molecule has 0 unspecified atom stereocenters. The van der Waals surface area contributed by atoms with Crippen LogP contribution in [0.15, 0.2) is 36.5 Å². The molecular formula is C15H15ClN2S. The highest BCUT2D eigenvalue weighted by Gasteiger charge is 2.04. The van der Waals surface area contributed by atoms with E-state index in [1.807, 2.05) is 29.7 Å². The molecule has 2 N–H and O–H groups in total. The summed E-state index contributed by atoms with van der Waals surface area (Å²) in [4.78, 5) is 6.00. The number of hydrogen-bond acceptors (Lipinski definition) is 2. The summed E-state index contributed by atoms with van der Waals surface area (Å²) in [7, 11) is 0. The molecule has 0 bridgehead atoms. The maximum Gasteiger partial charge on any atom is 0.0472 e. The smallest absolute Gasteiger partial charge is 0.0472 e. The van der Waals surface area contributed by atoms with Crippen LogP contribution in [0.25, 0.3) is 10.9 Å². The van der Waals surface area contributed by atoms with Crippen LogP contribution >= 0.6 is 22.9 Å². The SMILES string of the molecule is Cc1ccc(CNCc2c[nH]c3cc(Cl)ccc23)s1. The first kappa shape index (κ1) is 12.7. The van der Waals surface area contributed by atoms with E-state index in [2.05, 4.69) is 35.4 Å². The molecule has 0 aliphatic carbocycles. The van der Waals surface area contributed by atoms with Gasteiger partial charge in [-0.25, -0.2) is 0 Å². The molecule has 4 heteroatoms. The average Bonchev–Trinajstić information content (AvgIpc) is 2.96. The van der Waals surface area contributed by atoms with E-state index >= 15 is 0 Å². The molecule has 19 heavy (non-hydrogen) atoms. The van der Waals surface area contributed by atoms with Crippen LogP contribution in [0.4, 0.5) is 0 Å². The zero-order valence-electron chi connectivity index (χ0n) is 10.7. The number of hydrogen-bond donors (Lipinski definition) is 2. The van der Waals surface area contributed by atoms with E-state index in [4.69, 9.17) is 11.6 Å². The molecule has 0 radical (unpaired) electrons. The summed E-state index contributed by atoms with van der Waals surface area (Å²) >= 11 is 7.82. The van der Waals surface area contributed by atoms with Crippen LogP contribution in [0, 0.1) is 6.92 Å². The van der Waals surface area contributed by atoms with Crippen molar-refractivity contribution in [2.24, 2.45) is 0 Å². The molecule has 3 aromatic rings. The first-order valence-corrected chi connectivity index (χ1v) is 7.43. The lowest BCUT2D eigenvalue weighted by molar-refractivity contribution is 0.704. The number of nitrogens with one attached hydrogen (secondary N) is 2. The molecule has 3 rings (SSSR count). The molecule has 0 amide bonds. The number of thiophene rings is 1. The number of H-pyrrole nitrogens is 1. The summed E-state index contributed by atoms with van der Waals surface area (Å²) in [5, 5.41) is 5.48. The van der Waals surface area contributed by atoms with Crippen LogP contribution in [-0.2, 0) is 13.1 Å². The first-order valence-electron chi connectivity index (χ1n) is 6.24. The number of halogens is 1. The van der Waals surface area contributed by atoms with E-state index < -0.39 is 0 Å². The zero-order chi connectivity index (χ0) is 13.2. The monoisotopic (exact) mass is 290 g/mol. The molecule has 0 saturated heterocycles. The largest absolute Gasteiger partial charge is 0.361 e. The third-order valence-corrected chi connectivity index (χ3v) is 4.38. The van der Waals surface area contributed by atoms with E-state index in [1.165, 1.54) is 20.7 Å². The summed E-state index contributed by atoms with van der Waals surface area (Å²) in [5.74, 6) is 0. The highest BCUT2D eigenvalue weighted by molar-refractivity contribution is 7.11. The fraction of sp³-hybridized carbons (Fsp3) is 0.200. The standard InChI is InChI=1S/C15H15ClN2S/c1-10-2-4-13(19-10)9-17-7-11-8-18-15-6-12(16)3-5-14(11)15/h2-6,8,17-18H,7,9H2,1H3. The van der Waals surface area contributed by atoms with Crippen LogP contribution in [0.3, 0.4) is 0 Å². The average molecular weight is 291 g/mol. The van der Waals surface area contributed by atoms with Crippen molar-refractivity contribution in [1.82, 2.24) is 10.3 Å². The van der Waals surface area contributed by atoms with Crippen LogP contribution in [0.5, 0.6) is 0 Å². The molecule has 2 aromatic heterocycles. The van der Waals surface area contributed by atoms with Gasteiger partial charge in [0.25, 0.3) is 0 Å². The van der Waals surface area contributed by atoms with Crippen LogP contribution < -0.4 is 5.32 Å². The number of fused-ring (bicyclic) bond motifs is 1. The Kier molecular flexibility index (Phi) is 3.60. The van der Waals surface area contributed by atoms with Gasteiger partial charge in [0.05, 0.1) is 0 Å². The quantitative estimate of drug-likeness (QED) is 0.728. The predicted molar refractivity (Wildman–Crippen MR) is 82.9 cm³/mol. The van der Waals surface area contributed by atoms with Crippen molar-refractivity contribution in [3.8, 4) is 0 Å². The Bertz CT molecular complexity index is 699. The minimum atomic E-state index is 0.767. The second-order valence-corrected chi connectivity index (χ2v) is 6.43. The molecule has 0 atom stereocenters. The van der Waals surface area contributed by atoms with Crippen LogP contribution in [0.2, 0.25) is 5.02 Å². The molecule has 2 nitrogen and oxygen atoms in total. The first-order chi connectivity index (χ1) is 9.22. The van der Waals surface area contributed by atoms with Crippen molar-refractivity contribution in [3.63, 3.8) is 0 Å². The third kappa shape index (κ3) is 2.84. The van der Waals surface area contributed by atoms with E-state index in [-0.39, 0.29) is 0 Å². The van der Waals surface area contributed by atoms with E-state index in [0.717, 1.165) is 23.6 Å². The topological polar surface area (TPSA) is 27.8 Å². The zero-order valence-corrected chi connectivity index (χ0v) is 12.2. The fourth-order valence-corrected chi connectivity index (χ4v) is 3.24. The molecular weight excluding hydrogens is 276 g/mol. The number of aromatic amines is 1.